The fourth-order valence-corrected chi connectivity index (χ4v) is 2.63. The van der Waals surface area contributed by atoms with E-state index in [0.29, 0.717) is 17.3 Å². The van der Waals surface area contributed by atoms with Crippen LogP contribution in [0.2, 0.25) is 0 Å². The summed E-state index contributed by atoms with van der Waals surface area (Å²) in [6.45, 7) is 3.58. The summed E-state index contributed by atoms with van der Waals surface area (Å²) >= 11 is 3.52. The van der Waals surface area contributed by atoms with Crippen LogP contribution in [0.4, 0.5) is 23.1 Å². The van der Waals surface area contributed by atoms with Crippen LogP contribution in [0.5, 0.6) is 0 Å². The van der Waals surface area contributed by atoms with Crippen molar-refractivity contribution in [1.29, 1.82) is 0 Å². The van der Waals surface area contributed by atoms with E-state index in [1.807, 2.05) is 37.3 Å². The summed E-state index contributed by atoms with van der Waals surface area (Å²) in [7, 11) is 0. The SMILES string of the molecule is CC(=O)c1cccc(Nc2nccc(Nc3ccc(C)c(Br)c3)n2)c1. The maximum absolute atomic E-state index is 11.5. The number of aryl methyl sites for hydroxylation is 1. The van der Waals surface area contributed by atoms with E-state index in [0.717, 1.165) is 15.8 Å². The number of ketones is 1. The molecule has 0 fully saturated rings. The highest BCUT2D eigenvalue weighted by molar-refractivity contribution is 9.10. The van der Waals surface area contributed by atoms with E-state index in [-0.39, 0.29) is 5.78 Å². The molecular formula is C19H17BrN4O. The van der Waals surface area contributed by atoms with Gasteiger partial charge < -0.3 is 10.6 Å². The molecule has 3 aromatic rings. The molecule has 0 unspecified atom stereocenters. The minimum Gasteiger partial charge on any atom is -0.340 e. The van der Waals surface area contributed by atoms with Crippen LogP contribution in [0.25, 0.3) is 0 Å². The minimum absolute atomic E-state index is 0.0185. The number of carbonyl (C=O) groups excluding carboxylic acids is 1. The van der Waals surface area contributed by atoms with Crippen LogP contribution < -0.4 is 10.6 Å². The normalized spacial score (nSPS) is 10.4. The van der Waals surface area contributed by atoms with E-state index >= 15 is 0 Å². The molecule has 0 aliphatic heterocycles. The number of nitrogens with zero attached hydrogens (tertiary/aromatic N) is 2. The van der Waals surface area contributed by atoms with E-state index in [2.05, 4.69) is 36.5 Å². The predicted molar refractivity (Wildman–Crippen MR) is 104 cm³/mol. The first-order valence-electron chi connectivity index (χ1n) is 7.75. The third-order valence-corrected chi connectivity index (χ3v) is 4.48. The van der Waals surface area contributed by atoms with Crippen LogP contribution in [0.1, 0.15) is 22.8 Å². The van der Waals surface area contributed by atoms with Gasteiger partial charge in [-0.15, -0.1) is 0 Å². The van der Waals surface area contributed by atoms with E-state index < -0.39 is 0 Å². The number of carbonyl (C=O) groups is 1. The van der Waals surface area contributed by atoms with E-state index in [9.17, 15) is 4.79 Å². The van der Waals surface area contributed by atoms with Gasteiger partial charge in [0, 0.05) is 27.6 Å². The first-order valence-corrected chi connectivity index (χ1v) is 8.55. The maximum atomic E-state index is 11.5. The van der Waals surface area contributed by atoms with Crippen LogP contribution >= 0.6 is 15.9 Å². The van der Waals surface area contributed by atoms with Gasteiger partial charge in [0.2, 0.25) is 5.95 Å². The van der Waals surface area contributed by atoms with Gasteiger partial charge in [-0.25, -0.2) is 4.98 Å². The molecule has 5 nitrogen and oxygen atoms in total. The molecular weight excluding hydrogens is 380 g/mol. The van der Waals surface area contributed by atoms with Crippen molar-refractivity contribution in [3.63, 3.8) is 0 Å². The second kappa shape index (κ2) is 7.44. The molecule has 0 aliphatic rings. The molecule has 1 aromatic heterocycles. The van der Waals surface area contributed by atoms with Gasteiger partial charge in [-0.1, -0.05) is 34.1 Å². The fourth-order valence-electron chi connectivity index (χ4n) is 2.25. The second-order valence-electron chi connectivity index (χ2n) is 5.62. The first kappa shape index (κ1) is 17.1. The topological polar surface area (TPSA) is 66.9 Å². The number of nitrogens with one attached hydrogen (secondary N) is 2. The molecule has 126 valence electrons. The number of benzene rings is 2. The Balaban J connectivity index is 1.78. The Morgan fingerprint density at radius 2 is 1.84 bits per heavy atom. The molecule has 0 saturated carbocycles. The van der Waals surface area contributed by atoms with Gasteiger partial charge in [0.05, 0.1) is 0 Å². The highest BCUT2D eigenvalue weighted by atomic mass is 79.9. The van der Waals surface area contributed by atoms with Crippen molar-refractivity contribution in [3.8, 4) is 0 Å². The molecule has 0 radical (unpaired) electrons. The molecule has 0 atom stereocenters. The Morgan fingerprint density at radius 1 is 1.04 bits per heavy atom. The molecule has 2 N–H and O–H groups in total. The van der Waals surface area contributed by atoms with Gasteiger partial charge in [0.15, 0.2) is 5.78 Å². The fraction of sp³-hybridized carbons (Fsp3) is 0.105. The van der Waals surface area contributed by atoms with Gasteiger partial charge in [0.1, 0.15) is 5.82 Å². The number of rotatable bonds is 5. The summed E-state index contributed by atoms with van der Waals surface area (Å²) in [5.41, 5.74) is 3.51. The zero-order valence-corrected chi connectivity index (χ0v) is 15.5. The van der Waals surface area contributed by atoms with Crippen LogP contribution in [0, 0.1) is 6.92 Å². The van der Waals surface area contributed by atoms with Crippen molar-refractivity contribution in [1.82, 2.24) is 9.97 Å². The van der Waals surface area contributed by atoms with Crippen LogP contribution in [-0.4, -0.2) is 15.8 Å². The summed E-state index contributed by atoms with van der Waals surface area (Å²) in [6.07, 6.45) is 1.68. The van der Waals surface area contributed by atoms with Crippen molar-refractivity contribution < 1.29 is 4.79 Å². The highest BCUT2D eigenvalue weighted by Gasteiger charge is 2.04. The Hall–Kier alpha value is -2.73. The van der Waals surface area contributed by atoms with Gasteiger partial charge in [-0.05, 0) is 49.7 Å². The minimum atomic E-state index is 0.0185. The summed E-state index contributed by atoms with van der Waals surface area (Å²) < 4.78 is 1.03. The summed E-state index contributed by atoms with van der Waals surface area (Å²) in [5.74, 6) is 1.15. The third-order valence-electron chi connectivity index (χ3n) is 3.63. The molecule has 3 rings (SSSR count). The molecule has 6 heteroatoms. The molecule has 0 spiro atoms. The molecule has 25 heavy (non-hydrogen) atoms. The lowest BCUT2D eigenvalue weighted by molar-refractivity contribution is 0.101. The van der Waals surface area contributed by atoms with Crippen molar-refractivity contribution in [2.75, 3.05) is 10.6 Å². The Bertz CT molecular complexity index is 927. The number of aromatic nitrogens is 2. The van der Waals surface area contributed by atoms with Crippen molar-refractivity contribution in [2.45, 2.75) is 13.8 Å². The van der Waals surface area contributed by atoms with E-state index in [4.69, 9.17) is 0 Å². The lowest BCUT2D eigenvalue weighted by Gasteiger charge is -2.10. The lowest BCUT2D eigenvalue weighted by atomic mass is 10.1. The average molecular weight is 397 g/mol. The predicted octanol–water partition coefficient (Wildman–Crippen LogP) is 5.24. The largest absolute Gasteiger partial charge is 0.340 e. The van der Waals surface area contributed by atoms with Crippen LogP contribution in [0.15, 0.2) is 59.2 Å². The molecule has 1 heterocycles. The van der Waals surface area contributed by atoms with Crippen LogP contribution in [0.3, 0.4) is 0 Å². The van der Waals surface area contributed by atoms with Gasteiger partial charge >= 0.3 is 0 Å². The monoisotopic (exact) mass is 396 g/mol. The Kier molecular flexibility index (Phi) is 5.09. The number of hydrogen-bond donors (Lipinski definition) is 2. The summed E-state index contributed by atoms with van der Waals surface area (Å²) in [5, 5.41) is 6.37. The molecule has 0 amide bonds. The number of hydrogen-bond acceptors (Lipinski definition) is 5. The molecule has 2 aromatic carbocycles. The summed E-state index contributed by atoms with van der Waals surface area (Å²) in [4.78, 5) is 20.2. The smallest absolute Gasteiger partial charge is 0.229 e. The molecule has 0 aliphatic carbocycles. The first-order chi connectivity index (χ1) is 12.0. The number of halogens is 1. The summed E-state index contributed by atoms with van der Waals surface area (Å²) in [6, 6.07) is 15.1. The number of Topliss-reactive ketones (excluding diaryl/α,β-unsaturated/α-hetero) is 1. The van der Waals surface area contributed by atoms with E-state index in [1.165, 1.54) is 5.56 Å². The zero-order chi connectivity index (χ0) is 17.8. The second-order valence-corrected chi connectivity index (χ2v) is 6.47. The Morgan fingerprint density at radius 3 is 2.60 bits per heavy atom. The zero-order valence-electron chi connectivity index (χ0n) is 13.9. The molecule has 0 saturated heterocycles. The van der Waals surface area contributed by atoms with E-state index in [1.54, 1.807) is 31.3 Å². The molecule has 0 bridgehead atoms. The van der Waals surface area contributed by atoms with Crippen molar-refractivity contribution in [3.05, 3.63) is 70.3 Å². The maximum Gasteiger partial charge on any atom is 0.229 e. The van der Waals surface area contributed by atoms with Gasteiger partial charge in [0.25, 0.3) is 0 Å². The van der Waals surface area contributed by atoms with Crippen molar-refractivity contribution >= 4 is 44.9 Å². The van der Waals surface area contributed by atoms with Gasteiger partial charge in [-0.2, -0.15) is 4.98 Å². The average Bonchev–Trinajstić information content (AvgIpc) is 2.59. The third kappa shape index (κ3) is 4.42. The van der Waals surface area contributed by atoms with Crippen LogP contribution in [-0.2, 0) is 0 Å². The quantitative estimate of drug-likeness (QED) is 0.577. The van der Waals surface area contributed by atoms with Crippen molar-refractivity contribution in [2.24, 2.45) is 0 Å². The Labute approximate surface area is 154 Å². The van der Waals surface area contributed by atoms with Gasteiger partial charge in [-0.3, -0.25) is 4.79 Å². The highest BCUT2D eigenvalue weighted by Crippen LogP contribution is 2.23. The lowest BCUT2D eigenvalue weighted by Crippen LogP contribution is -2.01. The number of anilines is 4. The standard InChI is InChI=1S/C19H17BrN4O/c1-12-6-7-16(11-17(12)20)22-18-8-9-21-19(24-18)23-15-5-3-4-14(10-15)13(2)25/h3-11H,1-2H3,(H2,21,22,23,24).